The van der Waals surface area contributed by atoms with Crippen LogP contribution >= 0.6 is 23.4 Å². The SMILES string of the molecule is C=CCNC(=O)C(C)Sc1nnc(COc2ccc(OCC)cc2)n1-c1ccc(Cl)cc1. The van der Waals surface area contributed by atoms with Crippen LogP contribution in [0.2, 0.25) is 5.02 Å². The highest BCUT2D eigenvalue weighted by Crippen LogP contribution is 2.27. The van der Waals surface area contributed by atoms with Crippen molar-refractivity contribution in [1.82, 2.24) is 20.1 Å². The lowest BCUT2D eigenvalue weighted by molar-refractivity contribution is -0.120. The summed E-state index contributed by atoms with van der Waals surface area (Å²) in [5.74, 6) is 1.97. The zero-order chi connectivity index (χ0) is 22.9. The second-order valence-electron chi connectivity index (χ2n) is 6.70. The van der Waals surface area contributed by atoms with Crippen LogP contribution in [-0.4, -0.2) is 39.1 Å². The molecule has 1 atom stereocenters. The van der Waals surface area contributed by atoms with E-state index in [-0.39, 0.29) is 17.8 Å². The highest BCUT2D eigenvalue weighted by atomic mass is 35.5. The topological polar surface area (TPSA) is 78.3 Å². The molecule has 7 nitrogen and oxygen atoms in total. The standard InChI is InChI=1S/C23H25ClN4O3S/c1-4-14-25-22(29)16(3)32-23-27-26-21(28(23)18-8-6-17(24)7-9-18)15-31-20-12-10-19(11-13-20)30-5-2/h4,6-13,16H,1,5,14-15H2,2-3H3,(H,25,29). The van der Waals surface area contributed by atoms with E-state index >= 15 is 0 Å². The number of thioether (sulfide) groups is 1. The first-order chi connectivity index (χ1) is 15.5. The molecule has 0 aliphatic carbocycles. The summed E-state index contributed by atoms with van der Waals surface area (Å²) < 4.78 is 13.3. The highest BCUT2D eigenvalue weighted by Gasteiger charge is 2.21. The molecule has 1 heterocycles. The molecular formula is C23H25ClN4O3S. The molecule has 32 heavy (non-hydrogen) atoms. The molecule has 0 radical (unpaired) electrons. The molecular weight excluding hydrogens is 448 g/mol. The molecule has 1 N–H and O–H groups in total. The Hall–Kier alpha value is -2.97. The third kappa shape index (κ3) is 6.27. The summed E-state index contributed by atoms with van der Waals surface area (Å²) in [7, 11) is 0. The number of rotatable bonds is 11. The maximum Gasteiger partial charge on any atom is 0.233 e. The fourth-order valence-corrected chi connectivity index (χ4v) is 3.83. The summed E-state index contributed by atoms with van der Waals surface area (Å²) >= 11 is 7.38. The molecule has 2 aromatic carbocycles. The summed E-state index contributed by atoms with van der Waals surface area (Å²) in [6, 6.07) is 14.7. The Kier molecular flexibility index (Phi) is 8.58. The van der Waals surface area contributed by atoms with Gasteiger partial charge >= 0.3 is 0 Å². The van der Waals surface area contributed by atoms with Gasteiger partial charge in [0, 0.05) is 17.3 Å². The average molecular weight is 473 g/mol. The number of carbonyl (C=O) groups is 1. The van der Waals surface area contributed by atoms with E-state index in [0.717, 1.165) is 11.4 Å². The fraction of sp³-hybridized carbons (Fsp3) is 0.261. The minimum absolute atomic E-state index is 0.104. The van der Waals surface area contributed by atoms with Crippen molar-refractivity contribution in [3.8, 4) is 17.2 Å². The quantitative estimate of drug-likeness (QED) is 0.322. The average Bonchev–Trinajstić information content (AvgIpc) is 3.20. The molecule has 0 spiro atoms. The minimum Gasteiger partial charge on any atom is -0.494 e. The Morgan fingerprint density at radius 2 is 1.81 bits per heavy atom. The Balaban J connectivity index is 1.81. The van der Waals surface area contributed by atoms with Gasteiger partial charge in [-0.3, -0.25) is 9.36 Å². The Bertz CT molecular complexity index is 1040. The van der Waals surface area contributed by atoms with E-state index in [0.29, 0.717) is 34.9 Å². The van der Waals surface area contributed by atoms with E-state index in [2.05, 4.69) is 22.1 Å². The van der Waals surface area contributed by atoms with E-state index < -0.39 is 0 Å². The normalized spacial score (nSPS) is 11.6. The van der Waals surface area contributed by atoms with Crippen LogP contribution in [0.25, 0.3) is 5.69 Å². The molecule has 3 aromatic rings. The van der Waals surface area contributed by atoms with Gasteiger partial charge in [-0.2, -0.15) is 0 Å². The van der Waals surface area contributed by atoms with Crippen molar-refractivity contribution >= 4 is 29.3 Å². The van der Waals surface area contributed by atoms with Crippen LogP contribution in [0.3, 0.4) is 0 Å². The van der Waals surface area contributed by atoms with Crippen molar-refractivity contribution in [2.45, 2.75) is 30.9 Å². The lowest BCUT2D eigenvalue weighted by atomic mass is 10.3. The molecule has 1 amide bonds. The second-order valence-corrected chi connectivity index (χ2v) is 8.44. The number of benzene rings is 2. The van der Waals surface area contributed by atoms with Crippen molar-refractivity contribution in [1.29, 1.82) is 0 Å². The van der Waals surface area contributed by atoms with Crippen molar-refractivity contribution in [2.24, 2.45) is 0 Å². The number of nitrogens with zero attached hydrogens (tertiary/aromatic N) is 3. The number of ether oxygens (including phenoxy) is 2. The minimum atomic E-state index is -0.370. The van der Waals surface area contributed by atoms with Crippen LogP contribution in [0.15, 0.2) is 66.3 Å². The van der Waals surface area contributed by atoms with E-state index in [1.807, 2.05) is 54.8 Å². The lowest BCUT2D eigenvalue weighted by Gasteiger charge is -2.14. The first kappa shape index (κ1) is 23.7. The Morgan fingerprint density at radius 3 is 2.44 bits per heavy atom. The second kappa shape index (κ2) is 11.6. The Morgan fingerprint density at radius 1 is 1.16 bits per heavy atom. The van der Waals surface area contributed by atoms with Crippen molar-refractivity contribution < 1.29 is 14.3 Å². The summed E-state index contributed by atoms with van der Waals surface area (Å²) in [6.07, 6.45) is 1.64. The predicted molar refractivity (Wildman–Crippen MR) is 127 cm³/mol. The molecule has 168 valence electrons. The summed E-state index contributed by atoms with van der Waals surface area (Å²) in [4.78, 5) is 12.3. The molecule has 0 aliphatic rings. The van der Waals surface area contributed by atoms with Gasteiger partial charge in [-0.1, -0.05) is 29.4 Å². The highest BCUT2D eigenvalue weighted by molar-refractivity contribution is 8.00. The number of hydrogen-bond acceptors (Lipinski definition) is 6. The maximum atomic E-state index is 12.3. The van der Waals surface area contributed by atoms with Gasteiger partial charge in [0.1, 0.15) is 18.1 Å². The van der Waals surface area contributed by atoms with Crippen molar-refractivity contribution in [3.63, 3.8) is 0 Å². The number of nitrogens with one attached hydrogen (secondary N) is 1. The van der Waals surface area contributed by atoms with Gasteiger partial charge in [0.25, 0.3) is 0 Å². The first-order valence-corrected chi connectivity index (χ1v) is 11.4. The monoisotopic (exact) mass is 472 g/mol. The number of aromatic nitrogens is 3. The fourth-order valence-electron chi connectivity index (χ4n) is 2.79. The summed E-state index contributed by atoms with van der Waals surface area (Å²) in [5, 5.41) is 12.3. The van der Waals surface area contributed by atoms with Crippen molar-refractivity contribution in [3.05, 3.63) is 72.0 Å². The largest absolute Gasteiger partial charge is 0.494 e. The zero-order valence-corrected chi connectivity index (χ0v) is 19.5. The molecule has 1 unspecified atom stereocenters. The van der Waals surface area contributed by atoms with Gasteiger partial charge in [-0.15, -0.1) is 16.8 Å². The summed E-state index contributed by atoms with van der Waals surface area (Å²) in [5.41, 5.74) is 0.825. The smallest absolute Gasteiger partial charge is 0.233 e. The number of hydrogen-bond donors (Lipinski definition) is 1. The van der Waals surface area contributed by atoms with Gasteiger partial charge in [0.05, 0.1) is 11.9 Å². The van der Waals surface area contributed by atoms with Crippen LogP contribution in [-0.2, 0) is 11.4 Å². The zero-order valence-electron chi connectivity index (χ0n) is 18.0. The molecule has 0 saturated heterocycles. The van der Waals surface area contributed by atoms with Gasteiger partial charge in [-0.25, -0.2) is 0 Å². The number of amides is 1. The van der Waals surface area contributed by atoms with Gasteiger partial charge in [-0.05, 0) is 62.4 Å². The predicted octanol–water partition coefficient (Wildman–Crippen LogP) is 4.68. The third-order valence-electron chi connectivity index (χ3n) is 4.36. The van der Waals surface area contributed by atoms with Crippen LogP contribution in [0.4, 0.5) is 0 Å². The van der Waals surface area contributed by atoms with Crippen LogP contribution in [0, 0.1) is 0 Å². The third-order valence-corrected chi connectivity index (χ3v) is 5.65. The number of carbonyl (C=O) groups excluding carboxylic acids is 1. The molecule has 0 bridgehead atoms. The van der Waals surface area contributed by atoms with Crippen molar-refractivity contribution in [2.75, 3.05) is 13.2 Å². The number of halogens is 1. The van der Waals surface area contributed by atoms with E-state index in [1.165, 1.54) is 11.8 Å². The Labute approximate surface area is 196 Å². The maximum absolute atomic E-state index is 12.3. The molecule has 0 aliphatic heterocycles. The lowest BCUT2D eigenvalue weighted by Crippen LogP contribution is -2.31. The van der Waals surface area contributed by atoms with Gasteiger partial charge in [0.2, 0.25) is 5.91 Å². The molecule has 3 rings (SSSR count). The van der Waals surface area contributed by atoms with Gasteiger partial charge in [0.15, 0.2) is 11.0 Å². The molecule has 1 aromatic heterocycles. The van der Waals surface area contributed by atoms with Crippen LogP contribution in [0.5, 0.6) is 11.5 Å². The van der Waals surface area contributed by atoms with E-state index in [4.69, 9.17) is 21.1 Å². The molecule has 0 saturated carbocycles. The van der Waals surface area contributed by atoms with E-state index in [9.17, 15) is 4.79 Å². The van der Waals surface area contributed by atoms with Crippen LogP contribution < -0.4 is 14.8 Å². The van der Waals surface area contributed by atoms with Crippen LogP contribution in [0.1, 0.15) is 19.7 Å². The first-order valence-electron chi connectivity index (χ1n) is 10.1. The molecule has 0 fully saturated rings. The van der Waals surface area contributed by atoms with Gasteiger partial charge < -0.3 is 14.8 Å². The van der Waals surface area contributed by atoms with E-state index in [1.54, 1.807) is 18.2 Å². The summed E-state index contributed by atoms with van der Waals surface area (Å²) in [6.45, 7) is 8.59. The molecule has 9 heteroatoms.